The van der Waals surface area contributed by atoms with Gasteiger partial charge in [0.25, 0.3) is 21.6 Å². The molecule has 2 saturated carbocycles. The summed E-state index contributed by atoms with van der Waals surface area (Å²) in [5, 5.41) is 25.9. The zero-order valence-corrected chi connectivity index (χ0v) is 44.7. The van der Waals surface area contributed by atoms with E-state index >= 15 is 0 Å². The average Bonchev–Trinajstić information content (AvgIpc) is 3.90. The molecule has 3 saturated heterocycles. The van der Waals surface area contributed by atoms with E-state index in [1.54, 1.807) is 19.1 Å². The van der Waals surface area contributed by atoms with Gasteiger partial charge in [-0.1, -0.05) is 50.2 Å². The van der Waals surface area contributed by atoms with Crippen molar-refractivity contribution in [3.63, 3.8) is 0 Å². The number of nitrogens with one attached hydrogen (secondary N) is 3. The lowest BCUT2D eigenvalue weighted by Gasteiger charge is -2.63. The first-order valence-corrected chi connectivity index (χ1v) is 28.5. The maximum Gasteiger partial charge on any atom is 0.293 e. The minimum atomic E-state index is -4.65. The highest BCUT2D eigenvalue weighted by molar-refractivity contribution is 7.90. The molecule has 1 spiro atoms. The zero-order chi connectivity index (χ0) is 53.6. The van der Waals surface area contributed by atoms with Gasteiger partial charge in [-0.25, -0.2) is 22.5 Å². The second-order valence-electron chi connectivity index (χ2n) is 22.6. The van der Waals surface area contributed by atoms with Gasteiger partial charge in [-0.05, 0) is 116 Å². The monoisotopic (exact) mass is 1070 g/mol. The summed E-state index contributed by atoms with van der Waals surface area (Å²) in [7, 11) is -4.65. The Bertz CT molecular complexity index is 3250. The van der Waals surface area contributed by atoms with Gasteiger partial charge in [-0.2, -0.15) is 0 Å². The summed E-state index contributed by atoms with van der Waals surface area (Å²) in [4.78, 5) is 42.3. The first-order valence-electron chi connectivity index (χ1n) is 27.0. The highest BCUT2D eigenvalue weighted by Crippen LogP contribution is 2.54. The van der Waals surface area contributed by atoms with Gasteiger partial charge in [-0.15, -0.1) is 0 Å². The van der Waals surface area contributed by atoms with Crippen molar-refractivity contribution in [3.05, 3.63) is 142 Å². The summed E-state index contributed by atoms with van der Waals surface area (Å²) in [5.41, 5.74) is 5.35. The molecule has 406 valence electrons. The number of carbonyl (C=O) groups is 1. The number of pyridine rings is 1. The molecule has 3 aliphatic heterocycles. The van der Waals surface area contributed by atoms with Gasteiger partial charge in [0.2, 0.25) is 0 Å². The third kappa shape index (κ3) is 11.2. The summed E-state index contributed by atoms with van der Waals surface area (Å²) in [6.07, 6.45) is 7.39. The Hall–Kier alpha value is -6.64. The molecule has 2 aliphatic carbocycles. The Morgan fingerprint density at radius 1 is 0.961 bits per heavy atom. The third-order valence-electron chi connectivity index (χ3n) is 16.8. The lowest BCUT2D eigenvalue weighted by Crippen LogP contribution is -2.68. The second-order valence-corrected chi connectivity index (χ2v) is 24.3. The van der Waals surface area contributed by atoms with Crippen LogP contribution in [0.25, 0.3) is 11.0 Å². The van der Waals surface area contributed by atoms with E-state index in [0.717, 1.165) is 103 Å². The van der Waals surface area contributed by atoms with Crippen LogP contribution in [0.4, 0.5) is 27.1 Å². The number of anilines is 3. The number of carbonyl (C=O) groups excluding carboxylic acids is 1. The molecule has 1 amide bonds. The lowest BCUT2D eigenvalue weighted by molar-refractivity contribution is -0.384. The largest absolute Gasteiger partial charge is 0.455 e. The van der Waals surface area contributed by atoms with Crippen LogP contribution >= 0.6 is 0 Å². The number of hydrogen-bond donors (Lipinski definition) is 4. The number of rotatable bonds is 16. The van der Waals surface area contributed by atoms with E-state index < -0.39 is 42.9 Å². The van der Waals surface area contributed by atoms with E-state index in [9.17, 15) is 32.8 Å². The number of nitro groups is 1. The van der Waals surface area contributed by atoms with Crippen molar-refractivity contribution in [1.82, 2.24) is 24.5 Å². The van der Waals surface area contributed by atoms with Crippen molar-refractivity contribution < 1.29 is 37.1 Å². The number of H-pyrrole nitrogens is 1. The maximum atomic E-state index is 14.7. The number of sulfonamides is 1. The van der Waals surface area contributed by atoms with E-state index in [1.165, 1.54) is 59.0 Å². The minimum absolute atomic E-state index is 0.0204. The van der Waals surface area contributed by atoms with Crippen LogP contribution in [0.15, 0.2) is 108 Å². The molecule has 5 fully saturated rings. The van der Waals surface area contributed by atoms with Gasteiger partial charge in [0.1, 0.15) is 28.7 Å². The van der Waals surface area contributed by atoms with Gasteiger partial charge in [0, 0.05) is 106 Å². The van der Waals surface area contributed by atoms with Crippen LogP contribution in [-0.2, 0) is 21.3 Å². The Kier molecular flexibility index (Phi) is 14.5. The summed E-state index contributed by atoms with van der Waals surface area (Å²) in [6.45, 7) is 15.4. The zero-order valence-electron chi connectivity index (χ0n) is 43.9. The normalized spacial score (nSPS) is 22.2. The van der Waals surface area contributed by atoms with E-state index in [0.29, 0.717) is 37.0 Å². The van der Waals surface area contributed by atoms with Crippen LogP contribution in [0.5, 0.6) is 11.5 Å². The molecule has 0 unspecified atom stereocenters. The van der Waals surface area contributed by atoms with Crippen molar-refractivity contribution in [2.24, 2.45) is 11.3 Å². The Morgan fingerprint density at radius 2 is 1.70 bits per heavy atom. The number of hydrogen-bond acceptors (Lipinski definition) is 14. The second kappa shape index (κ2) is 21.3. The highest BCUT2D eigenvalue weighted by atomic mass is 32.2. The van der Waals surface area contributed by atoms with E-state index in [-0.39, 0.29) is 45.5 Å². The minimum Gasteiger partial charge on any atom is -0.455 e. The van der Waals surface area contributed by atoms with E-state index in [1.807, 2.05) is 0 Å². The number of nitrogens with zero attached hydrogens (tertiary/aromatic N) is 6. The summed E-state index contributed by atoms with van der Waals surface area (Å²) in [6, 6.07) is 28.5. The number of amides is 1. The van der Waals surface area contributed by atoms with Crippen LogP contribution in [0.2, 0.25) is 0 Å². The fraction of sp³-hybridized carbons (Fsp3) is 0.448. The molecular weight excluding hydrogens is 1000 g/mol. The lowest BCUT2D eigenvalue weighted by atomic mass is 9.59. The standard InChI is InChI=1S/C58H68FN9O8S/c1-38(2)46-6-4-5-7-47(46)53-35-64(34-40-8-10-41(11-9-40)65-22-24-75-25-23-65)20-21-67(53)43-29-58(30-43)36-66(37-58)42-12-14-48(54(26-42)76-44-27-49-50(59)33-62-55(49)61-32-44)56(69)63-77(73,74)45-13-15-51(52(28-45)68(71)72)60-31-39-16-18-57(3,70)19-17-39/h4-15,26-28,32-33,38-39,43,53,60,70H,16-25,29-31,34-37H2,1-3H3,(H,61,62)(H,63,69)/t39-,53-,57-/m0/s1. The van der Waals surface area contributed by atoms with Gasteiger partial charge in [-0.3, -0.25) is 24.7 Å². The van der Waals surface area contributed by atoms with Crippen LogP contribution < -0.4 is 24.6 Å². The molecule has 5 heterocycles. The first-order chi connectivity index (χ1) is 37.0. The molecular formula is C58H68FN9O8S. The number of benzene rings is 4. The number of aromatic amines is 1. The fourth-order valence-corrected chi connectivity index (χ4v) is 13.4. The first kappa shape index (κ1) is 52.4. The van der Waals surface area contributed by atoms with Crippen LogP contribution in [0, 0.1) is 27.3 Å². The van der Waals surface area contributed by atoms with Gasteiger partial charge >= 0.3 is 0 Å². The molecule has 5 aliphatic rings. The Labute approximate surface area is 448 Å². The smallest absolute Gasteiger partial charge is 0.293 e. The Morgan fingerprint density at radius 3 is 2.44 bits per heavy atom. The fourth-order valence-electron chi connectivity index (χ4n) is 12.4. The van der Waals surface area contributed by atoms with Crippen LogP contribution in [0.3, 0.4) is 0 Å². The molecule has 6 aromatic rings. The molecule has 19 heteroatoms. The number of ether oxygens (including phenoxy) is 2. The molecule has 4 N–H and O–H groups in total. The summed E-state index contributed by atoms with van der Waals surface area (Å²) < 4.78 is 56.4. The quantitative estimate of drug-likeness (QED) is 0.0528. The maximum absolute atomic E-state index is 14.7. The number of aromatic nitrogens is 2. The topological polar surface area (TPSA) is 199 Å². The highest BCUT2D eigenvalue weighted by Gasteiger charge is 2.55. The number of morpholine rings is 1. The van der Waals surface area contributed by atoms with Crippen LogP contribution in [-0.4, -0.2) is 121 Å². The van der Waals surface area contributed by atoms with Crippen molar-refractivity contribution in [2.45, 2.75) is 94.3 Å². The molecule has 11 rings (SSSR count). The molecule has 2 aromatic heterocycles. The molecule has 0 radical (unpaired) electrons. The van der Waals surface area contributed by atoms with Crippen molar-refractivity contribution in [3.8, 4) is 11.5 Å². The number of halogens is 1. The van der Waals surface area contributed by atoms with E-state index in [4.69, 9.17) is 9.47 Å². The third-order valence-corrected chi connectivity index (χ3v) is 18.1. The average molecular weight is 1070 g/mol. The number of nitro benzene ring substituents is 1. The molecule has 17 nitrogen and oxygen atoms in total. The Balaban J connectivity index is 0.783. The van der Waals surface area contributed by atoms with Crippen molar-refractivity contribution in [2.75, 3.05) is 80.7 Å². The molecule has 77 heavy (non-hydrogen) atoms. The summed E-state index contributed by atoms with van der Waals surface area (Å²) >= 11 is 0. The van der Waals surface area contributed by atoms with Crippen molar-refractivity contribution >= 4 is 49.7 Å². The molecule has 0 bridgehead atoms. The number of aliphatic hydroxyl groups is 1. The molecule has 4 aromatic carbocycles. The summed E-state index contributed by atoms with van der Waals surface area (Å²) in [5.74, 6) is -0.855. The number of fused-ring (bicyclic) bond motifs is 1. The van der Waals surface area contributed by atoms with Crippen molar-refractivity contribution in [1.29, 1.82) is 0 Å². The predicted octanol–water partition coefficient (Wildman–Crippen LogP) is 9.36. The molecule has 1 atom stereocenters. The van der Waals surface area contributed by atoms with Gasteiger partial charge < -0.3 is 34.7 Å². The SMILES string of the molecule is CC(C)c1ccccc1[C@@H]1CN(Cc2ccc(N3CCOCC3)cc2)CCN1C1CC2(C1)CN(c1ccc(C(=O)NS(=O)(=O)c3ccc(NC[C@H]4CC[C@](C)(O)CC4)c([N+](=O)[O-])c3)c(Oc3cnc4[nH]cc(F)c4c3)c1)C2. The number of piperazine rings is 1. The van der Waals surface area contributed by atoms with Gasteiger partial charge in [0.05, 0.1) is 45.8 Å². The van der Waals surface area contributed by atoms with E-state index in [2.05, 4.69) is 102 Å². The predicted molar refractivity (Wildman–Crippen MR) is 294 cm³/mol. The van der Waals surface area contributed by atoms with Crippen LogP contribution in [0.1, 0.15) is 98.3 Å². The van der Waals surface area contributed by atoms with Gasteiger partial charge in [0.15, 0.2) is 0 Å².